The van der Waals surface area contributed by atoms with Gasteiger partial charge in [0.05, 0.1) is 40.7 Å². The number of nitrogens with two attached hydrogens (primary N) is 1. The van der Waals surface area contributed by atoms with E-state index in [0.29, 0.717) is 36.0 Å². The summed E-state index contributed by atoms with van der Waals surface area (Å²) in [6.45, 7) is 0.700. The summed E-state index contributed by atoms with van der Waals surface area (Å²) in [5.41, 5.74) is 10.5. The first-order chi connectivity index (χ1) is 16.6. The first-order valence-electron chi connectivity index (χ1n) is 11.8. The zero-order valence-corrected chi connectivity index (χ0v) is 20.1. The summed E-state index contributed by atoms with van der Waals surface area (Å²) in [5.74, 6) is 2.17. The van der Waals surface area contributed by atoms with E-state index in [1.54, 1.807) is 13.3 Å². The Hall–Kier alpha value is -2.75. The predicted molar refractivity (Wildman–Crippen MR) is 134 cm³/mol. The Morgan fingerprint density at radius 3 is 2.88 bits per heavy atom. The number of aromatic nitrogens is 3. The number of rotatable bonds is 7. The van der Waals surface area contributed by atoms with Crippen molar-refractivity contribution in [1.82, 2.24) is 20.3 Å². The first kappa shape index (κ1) is 23.0. The summed E-state index contributed by atoms with van der Waals surface area (Å²) in [7, 11) is 1.61. The molecule has 1 atom stereocenters. The number of benzene rings is 1. The second kappa shape index (κ2) is 10.2. The molecule has 0 radical (unpaired) electrons. The largest absolute Gasteiger partial charge is 0.480 e. The lowest BCUT2D eigenvalue weighted by Crippen LogP contribution is -2.39. The predicted octanol–water partition coefficient (Wildman–Crippen LogP) is 3.30. The number of anilines is 1. The zero-order valence-electron chi connectivity index (χ0n) is 19.3. The van der Waals surface area contributed by atoms with Crippen LogP contribution in [0.4, 0.5) is 5.82 Å². The number of carbonyl (C=O) groups excluding carboxylic acids is 1. The summed E-state index contributed by atoms with van der Waals surface area (Å²) in [6.07, 6.45) is 6.82. The van der Waals surface area contributed by atoms with Crippen LogP contribution in [0.5, 0.6) is 5.88 Å². The molecule has 5 rings (SSSR count). The lowest BCUT2D eigenvalue weighted by molar-refractivity contribution is -0.113. The summed E-state index contributed by atoms with van der Waals surface area (Å²) in [6, 6.07) is 10.7. The highest BCUT2D eigenvalue weighted by Gasteiger charge is 2.26. The van der Waals surface area contributed by atoms with Gasteiger partial charge < -0.3 is 21.1 Å². The molecule has 0 saturated heterocycles. The first-order valence-corrected chi connectivity index (χ1v) is 12.8. The van der Waals surface area contributed by atoms with Gasteiger partial charge in [0.25, 0.3) is 0 Å². The van der Waals surface area contributed by atoms with E-state index in [0.717, 1.165) is 59.3 Å². The highest BCUT2D eigenvalue weighted by Crippen LogP contribution is 2.31. The number of hydrogen-bond acceptors (Lipinski definition) is 8. The normalized spacial score (nSPS) is 21.1. The SMILES string of the molecule is COc1cnc2cccc(CC(N)C3CCC(NCc4ccc5c(n4)NC(=O)CS5)CC3)c2n1. The van der Waals surface area contributed by atoms with Gasteiger partial charge in [0.1, 0.15) is 5.82 Å². The standard InChI is InChI=1S/C25H30N6O2S/c1-33-23-13-28-20-4-2-3-16(24(20)31-23)11-19(26)15-5-7-17(8-6-15)27-12-18-9-10-21-25(29-18)30-22(32)14-34-21/h2-4,9-10,13,15,17,19,27H,5-8,11-12,14,26H2,1H3,(H,29,30,32). The molecule has 1 fully saturated rings. The molecule has 1 saturated carbocycles. The number of nitrogens with zero attached hydrogens (tertiary/aromatic N) is 3. The van der Waals surface area contributed by atoms with E-state index in [2.05, 4.69) is 31.7 Å². The summed E-state index contributed by atoms with van der Waals surface area (Å²) in [5, 5.41) is 6.51. The van der Waals surface area contributed by atoms with Crippen molar-refractivity contribution >= 4 is 34.5 Å². The molecule has 34 heavy (non-hydrogen) atoms. The number of nitrogens with one attached hydrogen (secondary N) is 2. The smallest absolute Gasteiger partial charge is 0.235 e. The third-order valence-electron chi connectivity index (χ3n) is 6.78. The third-order valence-corrected chi connectivity index (χ3v) is 7.83. The van der Waals surface area contributed by atoms with Crippen LogP contribution < -0.4 is 21.1 Å². The summed E-state index contributed by atoms with van der Waals surface area (Å²) < 4.78 is 5.26. The van der Waals surface area contributed by atoms with E-state index in [9.17, 15) is 4.79 Å². The highest BCUT2D eigenvalue weighted by atomic mass is 32.2. The number of methoxy groups -OCH3 is 1. The van der Waals surface area contributed by atoms with Crippen LogP contribution in [0.15, 0.2) is 41.4 Å². The van der Waals surface area contributed by atoms with E-state index >= 15 is 0 Å². The maximum atomic E-state index is 11.6. The molecular weight excluding hydrogens is 448 g/mol. The van der Waals surface area contributed by atoms with Crippen LogP contribution in [0.3, 0.4) is 0 Å². The van der Waals surface area contributed by atoms with Gasteiger partial charge in [0.15, 0.2) is 0 Å². The molecular formula is C25H30N6O2S. The van der Waals surface area contributed by atoms with Gasteiger partial charge in [-0.25, -0.2) is 15.0 Å². The number of fused-ring (bicyclic) bond motifs is 2. The van der Waals surface area contributed by atoms with Crippen LogP contribution in [0.1, 0.15) is 36.9 Å². The van der Waals surface area contributed by atoms with Crippen molar-refractivity contribution < 1.29 is 9.53 Å². The van der Waals surface area contributed by atoms with Crippen molar-refractivity contribution in [3.63, 3.8) is 0 Å². The minimum Gasteiger partial charge on any atom is -0.480 e. The average Bonchev–Trinajstić information content (AvgIpc) is 2.87. The van der Waals surface area contributed by atoms with Gasteiger partial charge in [0.2, 0.25) is 11.8 Å². The van der Waals surface area contributed by atoms with Crippen molar-refractivity contribution in [1.29, 1.82) is 0 Å². The van der Waals surface area contributed by atoms with E-state index in [1.807, 2.05) is 24.3 Å². The van der Waals surface area contributed by atoms with Gasteiger partial charge in [-0.05, 0) is 61.8 Å². The molecule has 9 heteroatoms. The van der Waals surface area contributed by atoms with Gasteiger partial charge in [-0.2, -0.15) is 0 Å². The highest BCUT2D eigenvalue weighted by molar-refractivity contribution is 8.00. The van der Waals surface area contributed by atoms with Gasteiger partial charge in [-0.3, -0.25) is 4.79 Å². The Morgan fingerprint density at radius 1 is 1.21 bits per heavy atom. The molecule has 8 nitrogen and oxygen atoms in total. The second-order valence-corrected chi connectivity index (χ2v) is 10.1. The summed E-state index contributed by atoms with van der Waals surface area (Å²) in [4.78, 5) is 26.3. The van der Waals surface area contributed by atoms with E-state index in [1.165, 1.54) is 11.8 Å². The van der Waals surface area contributed by atoms with Crippen molar-refractivity contribution in [3.05, 3.63) is 47.8 Å². The quantitative estimate of drug-likeness (QED) is 0.474. The maximum Gasteiger partial charge on any atom is 0.235 e. The lowest BCUT2D eigenvalue weighted by atomic mass is 9.80. The molecule has 1 aliphatic heterocycles. The molecule has 1 aliphatic carbocycles. The Bertz CT molecular complexity index is 1180. The molecule has 2 aliphatic rings. The van der Waals surface area contributed by atoms with Crippen LogP contribution in [-0.4, -0.2) is 45.8 Å². The van der Waals surface area contributed by atoms with Crippen LogP contribution in [0.25, 0.3) is 11.0 Å². The zero-order chi connectivity index (χ0) is 23.5. The molecule has 1 amide bonds. The molecule has 2 aromatic heterocycles. The molecule has 178 valence electrons. The van der Waals surface area contributed by atoms with Crippen LogP contribution in [-0.2, 0) is 17.8 Å². The number of thioether (sulfide) groups is 1. The Balaban J connectivity index is 1.14. The molecule has 1 aromatic carbocycles. The monoisotopic (exact) mass is 478 g/mol. The number of ether oxygens (including phenoxy) is 1. The van der Waals surface area contributed by atoms with Crippen LogP contribution in [0, 0.1) is 5.92 Å². The number of hydrogen-bond donors (Lipinski definition) is 3. The van der Waals surface area contributed by atoms with Gasteiger partial charge in [-0.1, -0.05) is 12.1 Å². The maximum absolute atomic E-state index is 11.6. The average molecular weight is 479 g/mol. The molecule has 0 bridgehead atoms. The van der Waals surface area contributed by atoms with Crippen molar-refractivity contribution in [3.8, 4) is 5.88 Å². The molecule has 4 N–H and O–H groups in total. The van der Waals surface area contributed by atoms with E-state index in [4.69, 9.17) is 10.5 Å². The fourth-order valence-corrected chi connectivity index (χ4v) is 5.62. The lowest BCUT2D eigenvalue weighted by Gasteiger charge is -2.33. The Morgan fingerprint density at radius 2 is 2.06 bits per heavy atom. The fraction of sp³-hybridized carbons (Fsp3) is 0.440. The van der Waals surface area contributed by atoms with Crippen molar-refractivity contribution in [2.24, 2.45) is 11.7 Å². The third kappa shape index (κ3) is 5.16. The molecule has 0 spiro atoms. The van der Waals surface area contributed by atoms with Gasteiger partial charge in [0, 0.05) is 18.6 Å². The van der Waals surface area contributed by atoms with Gasteiger partial charge >= 0.3 is 0 Å². The second-order valence-electron chi connectivity index (χ2n) is 9.04. The summed E-state index contributed by atoms with van der Waals surface area (Å²) >= 11 is 1.54. The molecule has 1 unspecified atom stereocenters. The van der Waals surface area contributed by atoms with Gasteiger partial charge in [-0.15, -0.1) is 11.8 Å². The Kier molecular flexibility index (Phi) is 6.94. The topological polar surface area (TPSA) is 115 Å². The fourth-order valence-electron chi connectivity index (χ4n) is 4.86. The minimum atomic E-state index is 0.0134. The number of para-hydroxylation sites is 1. The molecule has 3 aromatic rings. The van der Waals surface area contributed by atoms with E-state index in [-0.39, 0.29) is 11.9 Å². The number of pyridine rings is 1. The van der Waals surface area contributed by atoms with Crippen molar-refractivity contribution in [2.75, 3.05) is 18.2 Å². The Labute approximate surface area is 203 Å². The minimum absolute atomic E-state index is 0.0134. The van der Waals surface area contributed by atoms with Crippen LogP contribution in [0.2, 0.25) is 0 Å². The van der Waals surface area contributed by atoms with E-state index < -0.39 is 0 Å². The van der Waals surface area contributed by atoms with Crippen molar-refractivity contribution in [2.45, 2.75) is 55.6 Å². The number of carbonyl (C=O) groups is 1. The number of amides is 1. The molecule has 3 heterocycles. The van der Waals surface area contributed by atoms with Crippen LogP contribution >= 0.6 is 11.8 Å².